The maximum Gasteiger partial charge on any atom is 0.283 e. The molecule has 0 N–H and O–H groups in total. The lowest BCUT2D eigenvalue weighted by Gasteiger charge is -2.26. The van der Waals surface area contributed by atoms with Crippen LogP contribution < -0.4 is 10.4 Å². The lowest BCUT2D eigenvalue weighted by Crippen LogP contribution is -2.44. The van der Waals surface area contributed by atoms with Crippen molar-refractivity contribution in [3.8, 4) is 5.69 Å². The first kappa shape index (κ1) is 22.9. The quantitative estimate of drug-likeness (QED) is 0.292. The summed E-state index contributed by atoms with van der Waals surface area (Å²) in [5.74, 6) is 0. The molecular formula is C27H26Cl2NOSi. The molecule has 0 bridgehead atoms. The molecule has 1 radical (unpaired) electrons. The lowest BCUT2D eigenvalue weighted by atomic mass is 9.85. The molecule has 0 aliphatic heterocycles. The van der Waals surface area contributed by atoms with Crippen molar-refractivity contribution in [1.29, 1.82) is 0 Å². The minimum Gasteiger partial charge on any atom is -0.403 e. The second-order valence-electron chi connectivity index (χ2n) is 8.75. The van der Waals surface area contributed by atoms with Crippen LogP contribution in [-0.2, 0) is 16.4 Å². The number of benzene rings is 3. The highest BCUT2D eigenvalue weighted by Crippen LogP contribution is 2.41. The van der Waals surface area contributed by atoms with Gasteiger partial charge in [0, 0.05) is 12.4 Å². The van der Waals surface area contributed by atoms with Gasteiger partial charge in [0.2, 0.25) is 0 Å². The van der Waals surface area contributed by atoms with E-state index in [1.54, 1.807) is 0 Å². The number of nitrogens with zero attached hydrogens (tertiary/aromatic N) is 1. The van der Waals surface area contributed by atoms with Crippen LogP contribution >= 0.6 is 23.2 Å². The van der Waals surface area contributed by atoms with Gasteiger partial charge < -0.3 is 8.99 Å². The Kier molecular flexibility index (Phi) is 6.92. The van der Waals surface area contributed by atoms with Crippen LogP contribution in [0.5, 0.6) is 0 Å². The Balaban J connectivity index is 1.75. The Labute approximate surface area is 202 Å². The zero-order valence-corrected chi connectivity index (χ0v) is 21.0. The van der Waals surface area contributed by atoms with Crippen molar-refractivity contribution in [2.75, 3.05) is 0 Å². The van der Waals surface area contributed by atoms with Crippen LogP contribution in [0.15, 0.2) is 91.3 Å². The van der Waals surface area contributed by atoms with Crippen LogP contribution in [0.1, 0.15) is 31.9 Å². The summed E-state index contributed by atoms with van der Waals surface area (Å²) < 4.78 is 8.65. The van der Waals surface area contributed by atoms with E-state index in [0.29, 0.717) is 16.7 Å². The molecular weight excluding hydrogens is 453 g/mol. The van der Waals surface area contributed by atoms with E-state index in [0.717, 1.165) is 16.8 Å². The largest absolute Gasteiger partial charge is 0.403 e. The topological polar surface area (TPSA) is 14.2 Å². The van der Waals surface area contributed by atoms with Crippen LogP contribution in [0.2, 0.25) is 10.0 Å². The van der Waals surface area contributed by atoms with E-state index in [4.69, 9.17) is 27.6 Å². The summed E-state index contributed by atoms with van der Waals surface area (Å²) in [5, 5.41) is 3.77. The van der Waals surface area contributed by atoms with Crippen molar-refractivity contribution >= 4 is 42.6 Å². The molecule has 163 valence electrons. The zero-order valence-electron chi connectivity index (χ0n) is 18.5. The summed E-state index contributed by atoms with van der Waals surface area (Å²) in [6, 6.07) is 26.9. The molecule has 0 atom stereocenters. The predicted molar refractivity (Wildman–Crippen MR) is 137 cm³/mol. The van der Waals surface area contributed by atoms with Gasteiger partial charge in [0.15, 0.2) is 0 Å². The van der Waals surface area contributed by atoms with Gasteiger partial charge in [0.25, 0.3) is 9.04 Å². The average molecular weight is 480 g/mol. The van der Waals surface area contributed by atoms with Gasteiger partial charge in [-0.1, -0.05) is 105 Å². The summed E-state index contributed by atoms with van der Waals surface area (Å²) in [6.07, 6.45) is 3.99. The van der Waals surface area contributed by atoms with Crippen LogP contribution in [0.4, 0.5) is 0 Å². The molecule has 4 rings (SSSR count). The molecule has 2 nitrogen and oxygen atoms in total. The Morgan fingerprint density at radius 3 is 1.81 bits per heavy atom. The molecule has 3 aromatic carbocycles. The van der Waals surface area contributed by atoms with Crippen molar-refractivity contribution in [1.82, 2.24) is 4.57 Å². The number of halogens is 2. The molecule has 0 fully saturated rings. The maximum atomic E-state index is 6.95. The molecule has 0 aliphatic rings. The summed E-state index contributed by atoms with van der Waals surface area (Å²) in [5.41, 5.74) is 2.59. The SMILES string of the molecule is CC(C)(C)c1c(Cl)c(CO[Si](c2ccccc2)c2ccccc2)cc(-n2cccc2)c1Cl. The molecule has 1 aromatic heterocycles. The lowest BCUT2D eigenvalue weighted by molar-refractivity contribution is 0.321. The van der Waals surface area contributed by atoms with Gasteiger partial charge in [0.05, 0.1) is 22.3 Å². The first-order chi connectivity index (χ1) is 15.4. The van der Waals surface area contributed by atoms with E-state index in [1.807, 2.05) is 41.2 Å². The second-order valence-corrected chi connectivity index (χ2v) is 11.6. The zero-order chi connectivity index (χ0) is 22.7. The minimum absolute atomic E-state index is 0.210. The first-order valence-corrected chi connectivity index (χ1v) is 12.8. The molecule has 1 heterocycles. The molecule has 4 aromatic rings. The third-order valence-corrected chi connectivity index (χ3v) is 8.30. The van der Waals surface area contributed by atoms with Crippen LogP contribution in [0.25, 0.3) is 5.69 Å². The van der Waals surface area contributed by atoms with Gasteiger partial charge in [-0.3, -0.25) is 0 Å². The van der Waals surface area contributed by atoms with E-state index >= 15 is 0 Å². The first-order valence-electron chi connectivity index (χ1n) is 10.6. The highest BCUT2D eigenvalue weighted by Gasteiger charge is 2.27. The Morgan fingerprint density at radius 2 is 1.31 bits per heavy atom. The van der Waals surface area contributed by atoms with E-state index in [-0.39, 0.29) is 5.41 Å². The molecule has 0 aliphatic carbocycles. The average Bonchev–Trinajstić information content (AvgIpc) is 3.30. The van der Waals surface area contributed by atoms with Crippen molar-refractivity contribution < 1.29 is 4.43 Å². The van der Waals surface area contributed by atoms with Crippen LogP contribution in [0.3, 0.4) is 0 Å². The molecule has 5 heteroatoms. The molecule has 0 unspecified atom stereocenters. The fourth-order valence-electron chi connectivity index (χ4n) is 3.79. The third-order valence-electron chi connectivity index (χ3n) is 5.33. The Bertz CT molecular complexity index is 1130. The highest BCUT2D eigenvalue weighted by atomic mass is 35.5. The van der Waals surface area contributed by atoms with E-state index < -0.39 is 9.04 Å². The fraction of sp³-hybridized carbons (Fsp3) is 0.185. The van der Waals surface area contributed by atoms with Gasteiger partial charge in [-0.15, -0.1) is 0 Å². The molecule has 32 heavy (non-hydrogen) atoms. The van der Waals surface area contributed by atoms with Gasteiger partial charge in [-0.25, -0.2) is 0 Å². The third kappa shape index (κ3) is 4.87. The Hall–Kier alpha value is -2.30. The standard InChI is InChI=1S/C27H26Cl2NOSi/c1-27(2,3)24-25(28)20(18-23(26(24)29)30-16-10-11-17-30)19-31-32(21-12-6-4-7-13-21)22-14-8-5-9-15-22/h4-18H,19H2,1-3H3. The Morgan fingerprint density at radius 1 is 0.781 bits per heavy atom. The second kappa shape index (κ2) is 9.68. The molecule has 0 spiro atoms. The van der Waals surface area contributed by atoms with Crippen molar-refractivity contribution in [2.24, 2.45) is 0 Å². The van der Waals surface area contributed by atoms with Crippen molar-refractivity contribution in [3.63, 3.8) is 0 Å². The summed E-state index contributed by atoms with van der Waals surface area (Å²) in [4.78, 5) is 0. The van der Waals surface area contributed by atoms with E-state index in [1.165, 1.54) is 10.4 Å². The highest BCUT2D eigenvalue weighted by molar-refractivity contribution is 6.80. The molecule has 0 saturated heterocycles. The van der Waals surface area contributed by atoms with Crippen LogP contribution in [-0.4, -0.2) is 13.6 Å². The molecule has 0 amide bonds. The van der Waals surface area contributed by atoms with Crippen molar-refractivity contribution in [3.05, 3.63) is 112 Å². The fourth-order valence-corrected chi connectivity index (χ4v) is 6.81. The number of hydrogen-bond acceptors (Lipinski definition) is 1. The summed E-state index contributed by atoms with van der Waals surface area (Å²) in [6.45, 7) is 6.80. The summed E-state index contributed by atoms with van der Waals surface area (Å²) in [7, 11) is -1.44. The normalized spacial score (nSPS) is 11.8. The maximum absolute atomic E-state index is 6.95. The van der Waals surface area contributed by atoms with Gasteiger partial charge >= 0.3 is 0 Å². The smallest absolute Gasteiger partial charge is 0.283 e. The van der Waals surface area contributed by atoms with E-state index in [9.17, 15) is 0 Å². The van der Waals surface area contributed by atoms with Crippen molar-refractivity contribution in [2.45, 2.75) is 32.8 Å². The van der Waals surface area contributed by atoms with Gasteiger partial charge in [-0.05, 0) is 45.1 Å². The van der Waals surface area contributed by atoms with Crippen LogP contribution in [0, 0.1) is 0 Å². The van der Waals surface area contributed by atoms with E-state index in [2.05, 4.69) is 75.4 Å². The number of rotatable bonds is 6. The predicted octanol–water partition coefficient (Wildman–Crippen LogP) is 6.40. The minimum atomic E-state index is -1.44. The monoisotopic (exact) mass is 478 g/mol. The van der Waals surface area contributed by atoms with Gasteiger partial charge in [0.1, 0.15) is 0 Å². The molecule has 0 saturated carbocycles. The summed E-state index contributed by atoms with van der Waals surface area (Å²) >= 11 is 13.8. The number of hydrogen-bond donors (Lipinski definition) is 0. The number of aromatic nitrogens is 1. The van der Waals surface area contributed by atoms with Gasteiger partial charge in [-0.2, -0.15) is 0 Å².